The molecule has 1 aromatic rings. The Balaban J connectivity index is 2.48. The molecule has 5 heteroatoms. The molecule has 1 atom stereocenters. The molecular formula is C11H15NO4. The molecule has 0 fully saturated rings. The van der Waals surface area contributed by atoms with Crippen molar-refractivity contribution in [3.63, 3.8) is 0 Å². The van der Waals surface area contributed by atoms with Gasteiger partial charge < -0.3 is 14.5 Å². The average molecular weight is 225 g/mol. The smallest absolute Gasteiger partial charge is 0.307 e. The van der Waals surface area contributed by atoms with Crippen molar-refractivity contribution in [2.24, 2.45) is 0 Å². The predicted octanol–water partition coefficient (Wildman–Crippen LogP) is 1.27. The third-order valence-electron chi connectivity index (χ3n) is 2.04. The number of esters is 1. The Morgan fingerprint density at radius 3 is 2.69 bits per heavy atom. The van der Waals surface area contributed by atoms with Gasteiger partial charge in [-0.15, -0.1) is 0 Å². The van der Waals surface area contributed by atoms with Gasteiger partial charge in [0.1, 0.15) is 5.76 Å². The molecule has 1 rings (SSSR count). The molecule has 1 heterocycles. The minimum absolute atomic E-state index is 0.141. The van der Waals surface area contributed by atoms with Crippen LogP contribution in [0.5, 0.6) is 0 Å². The highest BCUT2D eigenvalue weighted by molar-refractivity contribution is 5.91. The van der Waals surface area contributed by atoms with Crippen LogP contribution in [0, 0.1) is 6.92 Å². The predicted molar refractivity (Wildman–Crippen MR) is 57.0 cm³/mol. The van der Waals surface area contributed by atoms with E-state index in [0.29, 0.717) is 5.76 Å². The Labute approximate surface area is 93.8 Å². The van der Waals surface area contributed by atoms with E-state index in [0.717, 1.165) is 0 Å². The fourth-order valence-electron chi connectivity index (χ4n) is 1.24. The third-order valence-corrected chi connectivity index (χ3v) is 2.04. The summed E-state index contributed by atoms with van der Waals surface area (Å²) in [6, 6.07) is 3.01. The lowest BCUT2D eigenvalue weighted by molar-refractivity contribution is -0.141. The molecule has 16 heavy (non-hydrogen) atoms. The minimum Gasteiger partial charge on any atom is -0.469 e. The summed E-state index contributed by atoms with van der Waals surface area (Å²) in [6.45, 7) is 3.49. The molecule has 0 aromatic carbocycles. The van der Waals surface area contributed by atoms with Gasteiger partial charge in [-0.05, 0) is 26.0 Å². The largest absolute Gasteiger partial charge is 0.469 e. The van der Waals surface area contributed by atoms with E-state index in [1.165, 1.54) is 7.11 Å². The first-order valence-electron chi connectivity index (χ1n) is 4.97. The van der Waals surface area contributed by atoms with Gasteiger partial charge in [-0.1, -0.05) is 0 Å². The van der Waals surface area contributed by atoms with Crippen LogP contribution in [0.2, 0.25) is 0 Å². The molecule has 0 radical (unpaired) electrons. The van der Waals surface area contributed by atoms with E-state index in [-0.39, 0.29) is 30.1 Å². The van der Waals surface area contributed by atoms with Gasteiger partial charge in [-0.3, -0.25) is 9.59 Å². The molecule has 0 spiro atoms. The number of hydrogen-bond acceptors (Lipinski definition) is 4. The number of amides is 1. The molecule has 0 bridgehead atoms. The summed E-state index contributed by atoms with van der Waals surface area (Å²) in [4.78, 5) is 22.5. The fraction of sp³-hybridized carbons (Fsp3) is 0.455. The highest BCUT2D eigenvalue weighted by Crippen LogP contribution is 2.06. The van der Waals surface area contributed by atoms with Gasteiger partial charge in [-0.2, -0.15) is 0 Å². The molecule has 88 valence electrons. The first-order valence-corrected chi connectivity index (χ1v) is 4.97. The summed E-state index contributed by atoms with van der Waals surface area (Å²) < 4.78 is 9.65. The number of furan rings is 1. The van der Waals surface area contributed by atoms with Crippen molar-refractivity contribution in [1.29, 1.82) is 0 Å². The van der Waals surface area contributed by atoms with Crippen molar-refractivity contribution in [2.75, 3.05) is 7.11 Å². The molecule has 0 saturated heterocycles. The third kappa shape index (κ3) is 3.42. The summed E-state index contributed by atoms with van der Waals surface area (Å²) in [5.74, 6) is 0.230. The second kappa shape index (κ2) is 5.34. The van der Waals surface area contributed by atoms with Crippen molar-refractivity contribution in [3.8, 4) is 0 Å². The van der Waals surface area contributed by atoms with E-state index in [1.54, 1.807) is 26.0 Å². The second-order valence-corrected chi connectivity index (χ2v) is 3.57. The number of aryl methyl sites for hydroxylation is 1. The van der Waals surface area contributed by atoms with Gasteiger partial charge in [0, 0.05) is 6.04 Å². The van der Waals surface area contributed by atoms with Crippen molar-refractivity contribution >= 4 is 11.9 Å². The molecular weight excluding hydrogens is 210 g/mol. The van der Waals surface area contributed by atoms with Gasteiger partial charge in [0.25, 0.3) is 5.91 Å². The normalized spacial score (nSPS) is 11.9. The average Bonchev–Trinajstić information content (AvgIpc) is 2.64. The highest BCUT2D eigenvalue weighted by atomic mass is 16.5. The number of nitrogens with one attached hydrogen (secondary N) is 1. The first kappa shape index (κ1) is 12.3. The Hall–Kier alpha value is -1.78. The maximum absolute atomic E-state index is 11.6. The van der Waals surface area contributed by atoms with Crippen molar-refractivity contribution in [3.05, 3.63) is 23.7 Å². The quantitative estimate of drug-likeness (QED) is 0.783. The molecule has 1 N–H and O–H groups in total. The zero-order valence-electron chi connectivity index (χ0n) is 9.57. The zero-order valence-corrected chi connectivity index (χ0v) is 9.57. The maximum Gasteiger partial charge on any atom is 0.307 e. The van der Waals surface area contributed by atoms with Crippen LogP contribution in [-0.2, 0) is 9.53 Å². The highest BCUT2D eigenvalue weighted by Gasteiger charge is 2.15. The lowest BCUT2D eigenvalue weighted by atomic mass is 10.2. The first-order chi connectivity index (χ1) is 7.52. The van der Waals surface area contributed by atoms with Gasteiger partial charge in [0.05, 0.1) is 13.5 Å². The van der Waals surface area contributed by atoms with Crippen LogP contribution in [0.4, 0.5) is 0 Å². The van der Waals surface area contributed by atoms with E-state index in [4.69, 9.17) is 4.42 Å². The summed E-state index contributed by atoms with van der Waals surface area (Å²) in [5, 5.41) is 2.64. The van der Waals surface area contributed by atoms with E-state index >= 15 is 0 Å². The Kier molecular flexibility index (Phi) is 4.10. The Morgan fingerprint density at radius 1 is 1.50 bits per heavy atom. The number of hydrogen-bond donors (Lipinski definition) is 1. The monoisotopic (exact) mass is 225 g/mol. The Morgan fingerprint density at radius 2 is 2.19 bits per heavy atom. The van der Waals surface area contributed by atoms with Gasteiger partial charge in [-0.25, -0.2) is 0 Å². The number of ether oxygens (including phenoxy) is 1. The molecule has 0 aliphatic rings. The molecule has 0 saturated carbocycles. The minimum atomic E-state index is -0.358. The molecule has 1 amide bonds. The van der Waals surface area contributed by atoms with Crippen molar-refractivity contribution in [1.82, 2.24) is 5.32 Å². The lowest BCUT2D eigenvalue weighted by Gasteiger charge is -2.10. The van der Waals surface area contributed by atoms with Crippen molar-refractivity contribution < 1.29 is 18.7 Å². The maximum atomic E-state index is 11.6. The molecule has 5 nitrogen and oxygen atoms in total. The van der Waals surface area contributed by atoms with Gasteiger partial charge in [0.2, 0.25) is 0 Å². The number of rotatable bonds is 4. The molecule has 0 aliphatic heterocycles. The van der Waals surface area contributed by atoms with E-state index in [2.05, 4.69) is 10.1 Å². The van der Waals surface area contributed by atoms with Crippen LogP contribution < -0.4 is 5.32 Å². The van der Waals surface area contributed by atoms with E-state index < -0.39 is 0 Å². The van der Waals surface area contributed by atoms with E-state index in [9.17, 15) is 9.59 Å². The number of carbonyl (C=O) groups is 2. The van der Waals surface area contributed by atoms with Gasteiger partial charge in [0.15, 0.2) is 5.76 Å². The molecule has 0 aliphatic carbocycles. The molecule has 1 unspecified atom stereocenters. The number of methoxy groups -OCH3 is 1. The van der Waals surface area contributed by atoms with Crippen LogP contribution in [0.25, 0.3) is 0 Å². The zero-order chi connectivity index (χ0) is 12.1. The van der Waals surface area contributed by atoms with Crippen LogP contribution in [-0.4, -0.2) is 25.0 Å². The van der Waals surface area contributed by atoms with Crippen LogP contribution in [0.15, 0.2) is 16.5 Å². The number of carbonyl (C=O) groups excluding carboxylic acids is 2. The van der Waals surface area contributed by atoms with Gasteiger partial charge >= 0.3 is 5.97 Å². The van der Waals surface area contributed by atoms with Crippen molar-refractivity contribution in [2.45, 2.75) is 26.3 Å². The topological polar surface area (TPSA) is 68.5 Å². The van der Waals surface area contributed by atoms with E-state index in [1.807, 2.05) is 0 Å². The molecule has 1 aromatic heterocycles. The second-order valence-electron chi connectivity index (χ2n) is 3.57. The van der Waals surface area contributed by atoms with Crippen LogP contribution in [0.3, 0.4) is 0 Å². The standard InChI is InChI=1S/C11H15NO4/c1-7(6-10(13)15-3)12-11(14)9-5-4-8(2)16-9/h4-5,7H,6H2,1-3H3,(H,12,14). The summed E-state index contributed by atoms with van der Waals surface area (Å²) in [6.07, 6.45) is 0.141. The fourth-order valence-corrected chi connectivity index (χ4v) is 1.24. The summed E-state index contributed by atoms with van der Waals surface area (Å²) in [5.41, 5.74) is 0. The Bertz CT molecular complexity index is 383. The van der Waals surface area contributed by atoms with Crippen LogP contribution in [0.1, 0.15) is 29.7 Å². The lowest BCUT2D eigenvalue weighted by Crippen LogP contribution is -2.34. The summed E-state index contributed by atoms with van der Waals surface area (Å²) >= 11 is 0. The van der Waals surface area contributed by atoms with Crippen LogP contribution >= 0.6 is 0 Å². The SMILES string of the molecule is COC(=O)CC(C)NC(=O)c1ccc(C)o1. The summed E-state index contributed by atoms with van der Waals surface area (Å²) in [7, 11) is 1.31.